The number of likely N-dealkylation sites (tertiary alicyclic amines) is 1. The van der Waals surface area contributed by atoms with Crippen LogP contribution in [0.15, 0.2) is 10.5 Å². The van der Waals surface area contributed by atoms with Crippen LogP contribution in [0.25, 0.3) is 0 Å². The van der Waals surface area contributed by atoms with Gasteiger partial charge in [-0.25, -0.2) is 18.0 Å². The third kappa shape index (κ3) is 6.60. The first-order valence-electron chi connectivity index (χ1n) is 10.7. The minimum atomic E-state index is -1.43. The topological polar surface area (TPSA) is 110 Å². The van der Waals surface area contributed by atoms with Gasteiger partial charge in [0.2, 0.25) is 5.88 Å². The van der Waals surface area contributed by atoms with Gasteiger partial charge in [0, 0.05) is 6.54 Å². The molecule has 34 heavy (non-hydrogen) atoms. The van der Waals surface area contributed by atoms with Gasteiger partial charge in [-0.2, -0.15) is 4.37 Å². The van der Waals surface area contributed by atoms with Crippen molar-refractivity contribution < 1.29 is 27.5 Å². The molecule has 0 atom stereocenters. The average molecular weight is 564 g/mol. The maximum atomic E-state index is 14.0. The number of nitrogens with two attached hydrogens (primary N) is 1. The van der Waals surface area contributed by atoms with Gasteiger partial charge in [0.25, 0.3) is 5.91 Å². The molecule has 13 heteroatoms. The number of carbonyl (C=O) groups excluding carboxylic acids is 2. The van der Waals surface area contributed by atoms with E-state index in [1.807, 2.05) is 0 Å². The molecule has 1 aromatic heterocycles. The fraction of sp³-hybridized carbons (Fsp3) is 0.476. The standard InChI is InChI=1S/C21H25BrF3N5O3S/c1-11-3-7-30(8-4-11)6-2-5-27-21(32)28-20-15(18(26)31)19(29-34-20)33-10-12-14(23)9-13(22)17(25)16(12)24/h9,11H,2-8,10H2,1H3,(H2,26,31)(H2,27,28,32). The monoisotopic (exact) mass is 563 g/mol. The zero-order valence-corrected chi connectivity index (χ0v) is 20.8. The predicted octanol–water partition coefficient (Wildman–Crippen LogP) is 4.24. The molecule has 3 amide bonds. The number of halogens is 4. The van der Waals surface area contributed by atoms with E-state index in [9.17, 15) is 22.8 Å². The van der Waals surface area contributed by atoms with Crippen LogP contribution < -0.4 is 21.1 Å². The summed E-state index contributed by atoms with van der Waals surface area (Å²) in [6, 6.07) is 0.202. The number of anilines is 1. The van der Waals surface area contributed by atoms with Gasteiger partial charge in [-0.15, -0.1) is 0 Å². The molecule has 0 aliphatic carbocycles. The summed E-state index contributed by atoms with van der Waals surface area (Å²) < 4.78 is 50.5. The summed E-state index contributed by atoms with van der Waals surface area (Å²) in [4.78, 5) is 26.5. The molecule has 2 aromatic rings. The highest BCUT2D eigenvalue weighted by Crippen LogP contribution is 2.32. The molecule has 2 heterocycles. The molecule has 1 aliphatic heterocycles. The second kappa shape index (κ2) is 11.8. The van der Waals surface area contributed by atoms with Gasteiger partial charge in [0.1, 0.15) is 23.0 Å². The number of hydrogen-bond acceptors (Lipinski definition) is 6. The second-order valence-electron chi connectivity index (χ2n) is 8.05. The van der Waals surface area contributed by atoms with Gasteiger partial charge in [-0.05, 0) is 78.3 Å². The van der Waals surface area contributed by atoms with E-state index in [-0.39, 0.29) is 20.9 Å². The Hall–Kier alpha value is -2.38. The number of carbonyl (C=O) groups is 2. The molecule has 0 bridgehead atoms. The summed E-state index contributed by atoms with van der Waals surface area (Å²) in [5.74, 6) is -4.28. The van der Waals surface area contributed by atoms with E-state index in [1.54, 1.807) is 0 Å². The molecule has 3 rings (SSSR count). The zero-order valence-electron chi connectivity index (χ0n) is 18.4. The Labute approximate surface area is 207 Å². The first-order chi connectivity index (χ1) is 16.2. The number of ether oxygens (including phenoxy) is 1. The van der Waals surface area contributed by atoms with Gasteiger partial charge in [0.05, 0.1) is 10.0 Å². The van der Waals surface area contributed by atoms with Crippen molar-refractivity contribution in [1.29, 1.82) is 0 Å². The smallest absolute Gasteiger partial charge is 0.319 e. The van der Waals surface area contributed by atoms with Crippen LogP contribution >= 0.6 is 27.5 Å². The van der Waals surface area contributed by atoms with E-state index in [2.05, 4.69) is 42.8 Å². The van der Waals surface area contributed by atoms with Crippen LogP contribution in [-0.2, 0) is 6.61 Å². The van der Waals surface area contributed by atoms with Gasteiger partial charge < -0.3 is 20.7 Å². The number of primary amides is 1. The van der Waals surface area contributed by atoms with Crippen LogP contribution in [0.2, 0.25) is 0 Å². The van der Waals surface area contributed by atoms with Crippen molar-refractivity contribution in [3.8, 4) is 5.88 Å². The van der Waals surface area contributed by atoms with Crippen LogP contribution in [0.3, 0.4) is 0 Å². The molecule has 0 spiro atoms. The molecular formula is C21H25BrF3N5O3S. The molecular weight excluding hydrogens is 539 g/mol. The predicted molar refractivity (Wildman–Crippen MR) is 125 cm³/mol. The van der Waals surface area contributed by atoms with Gasteiger partial charge in [-0.1, -0.05) is 6.92 Å². The SMILES string of the molecule is CC1CCN(CCCNC(=O)Nc2snc(OCc3c(F)cc(Br)c(F)c3F)c2C(N)=O)CC1. The Kier molecular flexibility index (Phi) is 9.14. The van der Waals surface area contributed by atoms with E-state index in [1.165, 1.54) is 12.8 Å². The molecule has 0 unspecified atom stereocenters. The molecule has 186 valence electrons. The lowest BCUT2D eigenvalue weighted by atomic mass is 9.99. The molecule has 0 radical (unpaired) electrons. The van der Waals surface area contributed by atoms with E-state index in [0.29, 0.717) is 6.54 Å². The first-order valence-corrected chi connectivity index (χ1v) is 12.2. The third-order valence-electron chi connectivity index (χ3n) is 5.51. The Morgan fingerprint density at radius 2 is 2.00 bits per heavy atom. The summed E-state index contributed by atoms with van der Waals surface area (Å²) in [5.41, 5.74) is 4.45. The van der Waals surface area contributed by atoms with Crippen molar-refractivity contribution in [2.45, 2.75) is 32.8 Å². The number of hydrogen-bond donors (Lipinski definition) is 3. The molecule has 1 fully saturated rings. The van der Waals surface area contributed by atoms with E-state index < -0.39 is 41.6 Å². The molecule has 1 aliphatic rings. The maximum absolute atomic E-state index is 14.0. The van der Waals surface area contributed by atoms with Gasteiger partial charge in [0.15, 0.2) is 11.6 Å². The molecule has 4 N–H and O–H groups in total. The number of benzene rings is 1. The first kappa shape index (κ1) is 26.2. The molecule has 0 saturated carbocycles. The zero-order chi connectivity index (χ0) is 24.8. The number of nitrogens with zero attached hydrogens (tertiary/aromatic N) is 2. The van der Waals surface area contributed by atoms with Gasteiger partial charge in [-0.3, -0.25) is 10.1 Å². The second-order valence-corrected chi connectivity index (χ2v) is 9.68. The van der Waals surface area contributed by atoms with Crippen molar-refractivity contribution in [3.05, 3.63) is 39.1 Å². The van der Waals surface area contributed by atoms with Crippen LogP contribution in [0, 0.1) is 23.4 Å². The number of nitrogens with one attached hydrogen (secondary N) is 2. The van der Waals surface area contributed by atoms with Crippen molar-refractivity contribution in [1.82, 2.24) is 14.6 Å². The minimum absolute atomic E-state index is 0.0212. The molecule has 8 nitrogen and oxygen atoms in total. The molecule has 1 saturated heterocycles. The Balaban J connectivity index is 1.55. The third-order valence-corrected chi connectivity index (χ3v) is 6.83. The lowest BCUT2D eigenvalue weighted by Gasteiger charge is -2.30. The summed E-state index contributed by atoms with van der Waals surface area (Å²) in [5, 5.41) is 5.22. The summed E-state index contributed by atoms with van der Waals surface area (Å²) >= 11 is 3.43. The number of aromatic nitrogens is 1. The van der Waals surface area contributed by atoms with Crippen LogP contribution in [0.4, 0.5) is 23.0 Å². The van der Waals surface area contributed by atoms with Crippen LogP contribution in [0.1, 0.15) is 42.1 Å². The number of urea groups is 1. The van der Waals surface area contributed by atoms with Crippen molar-refractivity contribution in [2.75, 3.05) is 31.5 Å². The van der Waals surface area contributed by atoms with E-state index >= 15 is 0 Å². The number of amides is 3. The summed E-state index contributed by atoms with van der Waals surface area (Å²) in [6.45, 7) is 4.92. The average Bonchev–Trinajstić information content (AvgIpc) is 3.18. The Bertz CT molecular complexity index is 1050. The van der Waals surface area contributed by atoms with E-state index in [4.69, 9.17) is 10.5 Å². The quantitative estimate of drug-likeness (QED) is 0.240. The fourth-order valence-corrected chi connectivity index (χ4v) is 4.60. The lowest BCUT2D eigenvalue weighted by Crippen LogP contribution is -2.36. The summed E-state index contributed by atoms with van der Waals surface area (Å²) in [7, 11) is 0. The largest absolute Gasteiger partial charge is 0.471 e. The Morgan fingerprint density at radius 3 is 2.68 bits per heavy atom. The fourth-order valence-electron chi connectivity index (χ4n) is 3.49. The normalized spacial score (nSPS) is 14.7. The summed E-state index contributed by atoms with van der Waals surface area (Å²) in [6.07, 6.45) is 3.12. The number of piperidine rings is 1. The maximum Gasteiger partial charge on any atom is 0.319 e. The van der Waals surface area contributed by atoms with E-state index in [0.717, 1.165) is 49.6 Å². The van der Waals surface area contributed by atoms with Crippen LogP contribution in [0.5, 0.6) is 5.88 Å². The minimum Gasteiger partial charge on any atom is -0.471 e. The van der Waals surface area contributed by atoms with Gasteiger partial charge >= 0.3 is 6.03 Å². The van der Waals surface area contributed by atoms with Crippen molar-refractivity contribution >= 4 is 44.4 Å². The van der Waals surface area contributed by atoms with Crippen molar-refractivity contribution in [3.63, 3.8) is 0 Å². The highest BCUT2D eigenvalue weighted by atomic mass is 79.9. The molecule has 1 aromatic carbocycles. The highest BCUT2D eigenvalue weighted by molar-refractivity contribution is 9.10. The Morgan fingerprint density at radius 1 is 1.29 bits per heavy atom. The highest BCUT2D eigenvalue weighted by Gasteiger charge is 2.24. The van der Waals surface area contributed by atoms with Crippen LogP contribution in [-0.4, -0.2) is 47.4 Å². The lowest BCUT2D eigenvalue weighted by molar-refractivity contribution is 0.0996. The number of rotatable bonds is 9. The van der Waals surface area contributed by atoms with Crippen molar-refractivity contribution in [2.24, 2.45) is 11.7 Å².